The Bertz CT molecular complexity index is 271. The van der Waals surface area contributed by atoms with Gasteiger partial charge in [0.15, 0.2) is 0 Å². The number of nitrogens with zero attached hydrogens (tertiary/aromatic N) is 1. The molecule has 0 saturated heterocycles. The summed E-state index contributed by atoms with van der Waals surface area (Å²) < 4.78 is 0. The fourth-order valence-electron chi connectivity index (χ4n) is 0.986. The van der Waals surface area contributed by atoms with E-state index < -0.39 is 0 Å². The first-order valence-electron chi connectivity index (χ1n) is 3.93. The van der Waals surface area contributed by atoms with Gasteiger partial charge in [-0.1, -0.05) is 12.1 Å². The molecule has 1 N–H and O–H groups in total. The summed E-state index contributed by atoms with van der Waals surface area (Å²) in [5.74, 6) is 0. The van der Waals surface area contributed by atoms with Crippen molar-refractivity contribution in [2.24, 2.45) is 5.18 Å². The lowest BCUT2D eigenvalue weighted by atomic mass is 10.2. The third-order valence-corrected chi connectivity index (χ3v) is 1.45. The van der Waals surface area contributed by atoms with Gasteiger partial charge in [0.1, 0.15) is 5.69 Å². The third kappa shape index (κ3) is 2.05. The van der Waals surface area contributed by atoms with Crippen molar-refractivity contribution < 1.29 is 0 Å². The molecule has 1 aromatic rings. The van der Waals surface area contributed by atoms with Gasteiger partial charge in [-0.25, -0.2) is 0 Å². The predicted octanol–water partition coefficient (Wildman–Crippen LogP) is 2.90. The molecule has 0 atom stereocenters. The molecule has 0 aliphatic heterocycles. The zero-order valence-corrected chi connectivity index (χ0v) is 7.24. The summed E-state index contributed by atoms with van der Waals surface area (Å²) in [4.78, 5) is 10.3. The molecule has 3 nitrogen and oxygen atoms in total. The lowest BCUT2D eigenvalue weighted by Gasteiger charge is -2.10. The van der Waals surface area contributed by atoms with E-state index in [4.69, 9.17) is 0 Å². The summed E-state index contributed by atoms with van der Waals surface area (Å²) >= 11 is 0. The number of nitrogens with one attached hydrogen (secondary N) is 1. The molecule has 0 radical (unpaired) electrons. The van der Waals surface area contributed by atoms with E-state index >= 15 is 0 Å². The zero-order valence-electron chi connectivity index (χ0n) is 7.24. The highest BCUT2D eigenvalue weighted by molar-refractivity contribution is 5.65. The van der Waals surface area contributed by atoms with Gasteiger partial charge in [-0.2, -0.15) is 0 Å². The van der Waals surface area contributed by atoms with Crippen LogP contribution in [0.3, 0.4) is 0 Å². The third-order valence-electron chi connectivity index (χ3n) is 1.45. The maximum absolute atomic E-state index is 10.3. The average molecular weight is 164 g/mol. The van der Waals surface area contributed by atoms with Crippen molar-refractivity contribution in [3.05, 3.63) is 29.2 Å². The second kappa shape index (κ2) is 3.85. The van der Waals surface area contributed by atoms with Crippen LogP contribution < -0.4 is 5.32 Å². The molecule has 0 amide bonds. The highest BCUT2D eigenvalue weighted by Gasteiger charge is 2.01. The van der Waals surface area contributed by atoms with Crippen LogP contribution in [0, 0.1) is 4.91 Å². The number of anilines is 1. The molecule has 12 heavy (non-hydrogen) atoms. The highest BCUT2D eigenvalue weighted by Crippen LogP contribution is 2.23. The van der Waals surface area contributed by atoms with Crippen LogP contribution in [0.5, 0.6) is 0 Å². The Balaban J connectivity index is 2.89. The van der Waals surface area contributed by atoms with E-state index in [1.165, 1.54) is 0 Å². The summed E-state index contributed by atoms with van der Waals surface area (Å²) in [5, 5.41) is 6.04. The first kappa shape index (κ1) is 8.71. The van der Waals surface area contributed by atoms with Crippen LogP contribution in [0.2, 0.25) is 0 Å². The van der Waals surface area contributed by atoms with E-state index in [2.05, 4.69) is 10.5 Å². The predicted molar refractivity (Wildman–Crippen MR) is 50.7 cm³/mol. The van der Waals surface area contributed by atoms with Gasteiger partial charge in [0.25, 0.3) is 0 Å². The van der Waals surface area contributed by atoms with Gasteiger partial charge < -0.3 is 5.32 Å². The van der Waals surface area contributed by atoms with E-state index in [0.29, 0.717) is 11.7 Å². The van der Waals surface area contributed by atoms with Crippen LogP contribution >= 0.6 is 0 Å². The molecule has 0 heterocycles. The second-order valence-corrected chi connectivity index (χ2v) is 2.91. The molecule has 0 aromatic heterocycles. The topological polar surface area (TPSA) is 41.5 Å². The molecule has 1 rings (SSSR count). The SMILES string of the molecule is CC(C)Nc1ccccc1N=O. The van der Waals surface area contributed by atoms with Crippen molar-refractivity contribution >= 4 is 11.4 Å². The molecule has 0 fully saturated rings. The molecule has 0 bridgehead atoms. The standard InChI is InChI=1S/C9H12N2O/c1-7(2)10-8-5-3-4-6-9(8)11-12/h3-7,10H,1-2H3. The Hall–Kier alpha value is -1.38. The maximum atomic E-state index is 10.3. The van der Waals surface area contributed by atoms with Crippen molar-refractivity contribution in [1.82, 2.24) is 0 Å². The van der Waals surface area contributed by atoms with Gasteiger partial charge in [-0.3, -0.25) is 0 Å². The zero-order chi connectivity index (χ0) is 8.97. The molecular weight excluding hydrogens is 152 g/mol. The molecule has 0 aliphatic rings. The fraction of sp³-hybridized carbons (Fsp3) is 0.333. The van der Waals surface area contributed by atoms with Gasteiger partial charge >= 0.3 is 0 Å². The minimum absolute atomic E-state index is 0.313. The van der Waals surface area contributed by atoms with Gasteiger partial charge in [0, 0.05) is 6.04 Å². The number of rotatable bonds is 3. The minimum atomic E-state index is 0.313. The van der Waals surface area contributed by atoms with Crippen molar-refractivity contribution in [3.8, 4) is 0 Å². The molecule has 0 saturated carbocycles. The van der Waals surface area contributed by atoms with Crippen LogP contribution in [0.4, 0.5) is 11.4 Å². The summed E-state index contributed by atoms with van der Waals surface area (Å²) in [6.45, 7) is 4.03. The fourth-order valence-corrected chi connectivity index (χ4v) is 0.986. The van der Waals surface area contributed by atoms with Crippen LogP contribution in [0.25, 0.3) is 0 Å². The van der Waals surface area contributed by atoms with Crippen molar-refractivity contribution in [3.63, 3.8) is 0 Å². The van der Waals surface area contributed by atoms with E-state index in [1.54, 1.807) is 12.1 Å². The first-order valence-corrected chi connectivity index (χ1v) is 3.93. The Morgan fingerprint density at radius 1 is 1.33 bits per heavy atom. The minimum Gasteiger partial charge on any atom is -0.381 e. The average Bonchev–Trinajstić information content (AvgIpc) is 2.04. The monoisotopic (exact) mass is 164 g/mol. The number of para-hydroxylation sites is 1. The maximum Gasteiger partial charge on any atom is 0.131 e. The Morgan fingerprint density at radius 3 is 2.58 bits per heavy atom. The van der Waals surface area contributed by atoms with Crippen LogP contribution in [0.15, 0.2) is 29.4 Å². The van der Waals surface area contributed by atoms with Gasteiger partial charge in [0.05, 0.1) is 5.69 Å². The molecule has 0 aliphatic carbocycles. The summed E-state index contributed by atoms with van der Waals surface area (Å²) in [5.41, 5.74) is 1.26. The molecule has 0 spiro atoms. The summed E-state index contributed by atoms with van der Waals surface area (Å²) in [6, 6.07) is 7.52. The first-order chi connectivity index (χ1) is 5.74. The smallest absolute Gasteiger partial charge is 0.131 e. The number of benzene rings is 1. The van der Waals surface area contributed by atoms with Crippen molar-refractivity contribution in [2.45, 2.75) is 19.9 Å². The molecule has 64 valence electrons. The lowest BCUT2D eigenvalue weighted by Crippen LogP contribution is -2.09. The van der Waals surface area contributed by atoms with E-state index in [0.717, 1.165) is 5.69 Å². The molecule has 3 heteroatoms. The summed E-state index contributed by atoms with van der Waals surface area (Å²) in [7, 11) is 0. The normalized spacial score (nSPS) is 9.92. The number of hydrogen-bond acceptors (Lipinski definition) is 3. The van der Waals surface area contributed by atoms with Gasteiger partial charge in [0.2, 0.25) is 0 Å². The van der Waals surface area contributed by atoms with Gasteiger partial charge in [-0.05, 0) is 31.2 Å². The largest absolute Gasteiger partial charge is 0.381 e. The van der Waals surface area contributed by atoms with Crippen LogP contribution in [-0.2, 0) is 0 Å². The molecule has 0 unspecified atom stereocenters. The van der Waals surface area contributed by atoms with Crippen LogP contribution in [-0.4, -0.2) is 6.04 Å². The van der Waals surface area contributed by atoms with Crippen molar-refractivity contribution in [1.29, 1.82) is 0 Å². The van der Waals surface area contributed by atoms with E-state index in [9.17, 15) is 4.91 Å². The van der Waals surface area contributed by atoms with Gasteiger partial charge in [-0.15, -0.1) is 4.91 Å². The Kier molecular flexibility index (Phi) is 2.80. The van der Waals surface area contributed by atoms with E-state index in [1.807, 2.05) is 26.0 Å². The second-order valence-electron chi connectivity index (χ2n) is 2.91. The van der Waals surface area contributed by atoms with Crippen LogP contribution in [0.1, 0.15) is 13.8 Å². The number of nitroso groups, excluding NO2 is 1. The Morgan fingerprint density at radius 2 is 2.00 bits per heavy atom. The summed E-state index contributed by atoms with van der Waals surface area (Å²) in [6.07, 6.45) is 0. The number of hydrogen-bond donors (Lipinski definition) is 1. The van der Waals surface area contributed by atoms with E-state index in [-0.39, 0.29) is 0 Å². The quantitative estimate of drug-likeness (QED) is 0.698. The lowest BCUT2D eigenvalue weighted by molar-refractivity contribution is 0.899. The highest BCUT2D eigenvalue weighted by atomic mass is 16.3. The Labute approximate surface area is 71.8 Å². The van der Waals surface area contributed by atoms with Crippen molar-refractivity contribution in [2.75, 3.05) is 5.32 Å². The molecular formula is C9H12N2O. The molecule has 1 aromatic carbocycles.